The molecule has 4 rings (SSSR count). The van der Waals surface area contributed by atoms with E-state index >= 15 is 0 Å². The summed E-state index contributed by atoms with van der Waals surface area (Å²) in [7, 11) is 0. The molecule has 1 aliphatic heterocycles. The van der Waals surface area contributed by atoms with Crippen LogP contribution in [0, 0.1) is 0 Å². The van der Waals surface area contributed by atoms with E-state index in [1.165, 1.54) is 4.68 Å². The number of tetrazole rings is 1. The van der Waals surface area contributed by atoms with Crippen LogP contribution in [0.3, 0.4) is 0 Å². The summed E-state index contributed by atoms with van der Waals surface area (Å²) in [4.78, 5) is 39.0. The van der Waals surface area contributed by atoms with Gasteiger partial charge in [-0.2, -0.15) is 4.68 Å². The van der Waals surface area contributed by atoms with Crippen LogP contribution in [0.25, 0.3) is 5.69 Å². The molecule has 0 N–H and O–H groups in total. The third-order valence-corrected chi connectivity index (χ3v) is 4.15. The van der Waals surface area contributed by atoms with Gasteiger partial charge in [0.1, 0.15) is 0 Å². The van der Waals surface area contributed by atoms with E-state index in [0.717, 1.165) is 15.4 Å². The van der Waals surface area contributed by atoms with Crippen molar-refractivity contribution in [3.05, 3.63) is 72.1 Å². The van der Waals surface area contributed by atoms with E-state index in [1.54, 1.807) is 36.4 Å². The molecule has 0 bridgehead atoms. The number of imide groups is 2. The van der Waals surface area contributed by atoms with Crippen molar-refractivity contribution in [3.8, 4) is 5.69 Å². The quantitative estimate of drug-likeness (QED) is 0.498. The average molecular weight is 362 g/mol. The van der Waals surface area contributed by atoms with Gasteiger partial charge in [0.05, 0.1) is 18.8 Å². The zero-order valence-corrected chi connectivity index (χ0v) is 14.1. The molecule has 3 aromatic rings. The first-order valence-corrected chi connectivity index (χ1v) is 8.19. The van der Waals surface area contributed by atoms with Gasteiger partial charge in [-0.1, -0.05) is 48.5 Å². The Kier molecular flexibility index (Phi) is 4.17. The fraction of sp³-hybridized carbons (Fsp3) is 0.111. The number of rotatable bonds is 5. The Morgan fingerprint density at radius 2 is 1.33 bits per heavy atom. The van der Waals surface area contributed by atoms with Crippen molar-refractivity contribution in [2.24, 2.45) is 0 Å². The molecule has 0 radical (unpaired) electrons. The zero-order chi connectivity index (χ0) is 18.8. The lowest BCUT2D eigenvalue weighted by atomic mass is 10.2. The summed E-state index contributed by atoms with van der Waals surface area (Å²) >= 11 is 0. The van der Waals surface area contributed by atoms with E-state index in [9.17, 15) is 14.4 Å². The van der Waals surface area contributed by atoms with Crippen molar-refractivity contribution in [2.75, 3.05) is 0 Å². The lowest BCUT2D eigenvalue weighted by molar-refractivity contribution is -0.143. The Balaban J connectivity index is 1.57. The molecule has 2 aromatic carbocycles. The molecule has 1 aromatic heterocycles. The highest BCUT2D eigenvalue weighted by Crippen LogP contribution is 2.18. The fourth-order valence-corrected chi connectivity index (χ4v) is 2.81. The Morgan fingerprint density at radius 1 is 0.741 bits per heavy atom. The van der Waals surface area contributed by atoms with Crippen LogP contribution in [0.2, 0.25) is 0 Å². The van der Waals surface area contributed by atoms with Gasteiger partial charge < -0.3 is 0 Å². The minimum absolute atomic E-state index is 0.0321. The maximum Gasteiger partial charge on any atom is 0.334 e. The van der Waals surface area contributed by atoms with Gasteiger partial charge in [-0.15, -0.1) is 5.10 Å². The first kappa shape index (κ1) is 16.6. The Labute approximate surface area is 153 Å². The first-order valence-electron chi connectivity index (χ1n) is 8.19. The number of benzene rings is 2. The lowest BCUT2D eigenvalue weighted by Crippen LogP contribution is -2.33. The number of aromatic nitrogens is 4. The van der Waals surface area contributed by atoms with Gasteiger partial charge in [0.2, 0.25) is 0 Å². The molecule has 0 aliphatic carbocycles. The van der Waals surface area contributed by atoms with Crippen LogP contribution in [-0.4, -0.2) is 47.9 Å². The fourth-order valence-electron chi connectivity index (χ4n) is 2.81. The predicted molar refractivity (Wildman–Crippen MR) is 92.1 cm³/mol. The third-order valence-electron chi connectivity index (χ3n) is 4.15. The largest absolute Gasteiger partial charge is 0.334 e. The van der Waals surface area contributed by atoms with Crippen molar-refractivity contribution >= 4 is 17.8 Å². The molecule has 27 heavy (non-hydrogen) atoms. The van der Waals surface area contributed by atoms with Crippen LogP contribution in [-0.2, 0) is 22.7 Å². The number of para-hydroxylation sites is 1. The summed E-state index contributed by atoms with van der Waals surface area (Å²) in [5, 5.41) is 11.4. The van der Waals surface area contributed by atoms with E-state index in [4.69, 9.17) is 0 Å². The van der Waals surface area contributed by atoms with Gasteiger partial charge in [0, 0.05) is 0 Å². The van der Waals surface area contributed by atoms with E-state index in [1.807, 2.05) is 24.3 Å². The summed E-state index contributed by atoms with van der Waals surface area (Å²) in [5.74, 6) is -1.47. The Bertz CT molecular complexity index is 1000. The Morgan fingerprint density at radius 3 is 2.00 bits per heavy atom. The maximum absolute atomic E-state index is 12.6. The van der Waals surface area contributed by atoms with Crippen LogP contribution in [0.5, 0.6) is 0 Å². The number of urea groups is 1. The first-order chi connectivity index (χ1) is 13.1. The number of hydrogen-bond donors (Lipinski definition) is 0. The molecule has 1 fully saturated rings. The molecular weight excluding hydrogens is 348 g/mol. The van der Waals surface area contributed by atoms with E-state index in [0.29, 0.717) is 5.69 Å². The topological polar surface area (TPSA) is 101 Å². The van der Waals surface area contributed by atoms with Gasteiger partial charge in [-0.3, -0.25) is 14.5 Å². The van der Waals surface area contributed by atoms with Crippen LogP contribution >= 0.6 is 0 Å². The van der Waals surface area contributed by atoms with Crippen LogP contribution in [0.1, 0.15) is 11.4 Å². The van der Waals surface area contributed by atoms with Crippen LogP contribution < -0.4 is 0 Å². The standard InChI is InChI=1S/C18H14N6O3/c25-16-17(26)23(18(27)22(16)11-13-7-3-1-4-8-13)12-15-19-20-21-24(15)14-9-5-2-6-10-14/h1-10H,11-12H2. The van der Waals surface area contributed by atoms with Crippen molar-refractivity contribution in [1.82, 2.24) is 30.0 Å². The summed E-state index contributed by atoms with van der Waals surface area (Å²) in [6, 6.07) is 17.4. The van der Waals surface area contributed by atoms with Gasteiger partial charge in [-0.05, 0) is 28.1 Å². The molecule has 4 amide bonds. The summed E-state index contributed by atoms with van der Waals surface area (Å²) in [5.41, 5.74) is 1.44. The monoisotopic (exact) mass is 362 g/mol. The summed E-state index contributed by atoms with van der Waals surface area (Å²) < 4.78 is 1.42. The molecule has 9 nitrogen and oxygen atoms in total. The Hall–Kier alpha value is -3.88. The second-order valence-corrected chi connectivity index (χ2v) is 5.89. The SMILES string of the molecule is O=C1C(=O)N(Cc2nnnn2-c2ccccc2)C(=O)N1Cc1ccccc1. The van der Waals surface area contributed by atoms with Gasteiger partial charge in [0.25, 0.3) is 0 Å². The molecule has 9 heteroatoms. The second-order valence-electron chi connectivity index (χ2n) is 5.89. The van der Waals surface area contributed by atoms with Gasteiger partial charge in [-0.25, -0.2) is 9.69 Å². The minimum atomic E-state index is -0.890. The van der Waals surface area contributed by atoms with Crippen molar-refractivity contribution in [2.45, 2.75) is 13.1 Å². The highest BCUT2D eigenvalue weighted by Gasteiger charge is 2.45. The van der Waals surface area contributed by atoms with Crippen LogP contribution in [0.15, 0.2) is 60.7 Å². The zero-order valence-electron chi connectivity index (χ0n) is 14.1. The van der Waals surface area contributed by atoms with E-state index in [-0.39, 0.29) is 18.9 Å². The smallest absolute Gasteiger partial charge is 0.263 e. The third kappa shape index (κ3) is 3.06. The highest BCUT2D eigenvalue weighted by atomic mass is 16.2. The lowest BCUT2D eigenvalue weighted by Gasteiger charge is -2.15. The number of carbonyl (C=O) groups is 3. The van der Waals surface area contributed by atoms with E-state index < -0.39 is 17.8 Å². The number of nitrogens with zero attached hydrogens (tertiary/aromatic N) is 6. The molecule has 1 saturated heterocycles. The summed E-state index contributed by atoms with van der Waals surface area (Å²) in [6.07, 6.45) is 0. The number of carbonyl (C=O) groups excluding carboxylic acids is 3. The molecule has 134 valence electrons. The summed E-state index contributed by atoms with van der Waals surface area (Å²) in [6.45, 7) is -0.166. The predicted octanol–water partition coefficient (Wildman–Crippen LogP) is 1.15. The minimum Gasteiger partial charge on any atom is -0.263 e. The number of hydrogen-bond acceptors (Lipinski definition) is 6. The van der Waals surface area contributed by atoms with Crippen molar-refractivity contribution < 1.29 is 14.4 Å². The maximum atomic E-state index is 12.6. The van der Waals surface area contributed by atoms with Gasteiger partial charge in [0.15, 0.2) is 5.82 Å². The normalized spacial score (nSPS) is 14.3. The molecular formula is C18H14N6O3. The molecule has 1 aliphatic rings. The van der Waals surface area contributed by atoms with Crippen LogP contribution in [0.4, 0.5) is 4.79 Å². The van der Waals surface area contributed by atoms with Crippen molar-refractivity contribution in [1.29, 1.82) is 0 Å². The average Bonchev–Trinajstić information content (AvgIpc) is 3.25. The highest BCUT2D eigenvalue weighted by molar-refractivity contribution is 6.44. The van der Waals surface area contributed by atoms with E-state index in [2.05, 4.69) is 15.5 Å². The second kappa shape index (κ2) is 6.79. The molecule has 0 atom stereocenters. The molecule has 0 unspecified atom stereocenters. The number of amides is 4. The molecule has 0 spiro atoms. The van der Waals surface area contributed by atoms with Crippen molar-refractivity contribution in [3.63, 3.8) is 0 Å². The van der Waals surface area contributed by atoms with Gasteiger partial charge >= 0.3 is 17.8 Å². The molecule has 0 saturated carbocycles. The molecule has 2 heterocycles.